The second-order valence-electron chi connectivity index (χ2n) is 7.10. The number of hydrogen-bond donors (Lipinski definition) is 0. The van der Waals surface area contributed by atoms with E-state index in [0.717, 1.165) is 48.0 Å². The maximum Gasteiger partial charge on any atom is 0.332 e. The Hall–Kier alpha value is -2.00. The summed E-state index contributed by atoms with van der Waals surface area (Å²) in [6.45, 7) is 5.13. The molecule has 3 heterocycles. The summed E-state index contributed by atoms with van der Waals surface area (Å²) in [5.74, 6) is 0. The van der Waals surface area contributed by atoms with E-state index in [-0.39, 0.29) is 36.1 Å². The second-order valence-corrected chi connectivity index (χ2v) is 7.50. The molecule has 8 nitrogen and oxygen atoms in total. The lowest BCUT2D eigenvalue weighted by molar-refractivity contribution is 0.249. The summed E-state index contributed by atoms with van der Waals surface area (Å²) >= 11 is 6.31. The number of hydrogen-bond acceptors (Lipinski definition) is 5. The molecule has 1 aliphatic rings. The number of halogens is 3. The van der Waals surface area contributed by atoms with Crippen molar-refractivity contribution in [2.75, 3.05) is 37.6 Å². The summed E-state index contributed by atoms with van der Waals surface area (Å²) in [4.78, 5) is 33.5. The van der Waals surface area contributed by atoms with Crippen molar-refractivity contribution in [1.29, 1.82) is 0 Å². The van der Waals surface area contributed by atoms with Crippen LogP contribution in [0.3, 0.4) is 0 Å². The first kappa shape index (κ1) is 24.3. The first-order valence-corrected chi connectivity index (χ1v) is 9.68. The van der Waals surface area contributed by atoms with Crippen molar-refractivity contribution >= 4 is 53.3 Å². The van der Waals surface area contributed by atoms with Gasteiger partial charge in [-0.2, -0.15) is 0 Å². The largest absolute Gasteiger partial charge is 0.368 e. The molecule has 164 valence electrons. The van der Waals surface area contributed by atoms with Crippen LogP contribution in [-0.4, -0.2) is 56.3 Å². The van der Waals surface area contributed by atoms with Gasteiger partial charge in [0, 0.05) is 53.4 Å². The Bertz CT molecular complexity index is 1130. The number of nitrogens with zero attached hydrogens (tertiary/aromatic N) is 6. The predicted molar refractivity (Wildman–Crippen MR) is 125 cm³/mol. The molecule has 0 atom stereocenters. The highest BCUT2D eigenvalue weighted by atomic mass is 35.5. The van der Waals surface area contributed by atoms with Crippen LogP contribution in [0.1, 0.15) is 0 Å². The topological polar surface area (TPSA) is 68.3 Å². The van der Waals surface area contributed by atoms with Gasteiger partial charge in [0.05, 0.1) is 17.0 Å². The molecule has 0 spiro atoms. The number of aromatic nitrogens is 4. The van der Waals surface area contributed by atoms with Crippen LogP contribution in [0.5, 0.6) is 0 Å². The third-order valence-electron chi connectivity index (χ3n) is 5.44. The molecule has 1 fully saturated rings. The van der Waals surface area contributed by atoms with Gasteiger partial charge in [-0.15, -0.1) is 24.8 Å². The average molecular weight is 476 g/mol. The number of aryl methyl sites for hydroxylation is 1. The lowest BCUT2D eigenvalue weighted by Gasteiger charge is -2.36. The van der Waals surface area contributed by atoms with Gasteiger partial charge in [0.15, 0.2) is 11.2 Å². The smallest absolute Gasteiger partial charge is 0.332 e. The first-order chi connectivity index (χ1) is 13.5. The van der Waals surface area contributed by atoms with Crippen LogP contribution in [0.25, 0.3) is 11.2 Å². The molecular weight excluding hydrogens is 451 g/mol. The van der Waals surface area contributed by atoms with Crippen molar-refractivity contribution in [3.63, 3.8) is 0 Å². The van der Waals surface area contributed by atoms with E-state index < -0.39 is 0 Å². The van der Waals surface area contributed by atoms with Crippen molar-refractivity contribution in [2.45, 2.75) is 6.54 Å². The summed E-state index contributed by atoms with van der Waals surface area (Å²) in [7, 11) is 3.13. The van der Waals surface area contributed by atoms with Gasteiger partial charge >= 0.3 is 5.69 Å². The van der Waals surface area contributed by atoms with Crippen LogP contribution in [0.4, 0.5) is 5.69 Å². The Balaban J connectivity index is 0.00000160. The standard InChI is InChI=1S/C19H23ClN6O2.2ClH/c1-22-17-16(18(27)23(2)19(22)28)26(13-21-17)12-9-24-7-10-25(11-8-24)15-6-4-3-5-14(15)20;;/h3-6,13H,7-12H2,1-2H3;2*1H. The lowest BCUT2D eigenvalue weighted by atomic mass is 10.2. The molecule has 1 aromatic carbocycles. The van der Waals surface area contributed by atoms with Gasteiger partial charge in [0.1, 0.15) is 0 Å². The van der Waals surface area contributed by atoms with Crippen molar-refractivity contribution in [1.82, 2.24) is 23.6 Å². The van der Waals surface area contributed by atoms with Crippen molar-refractivity contribution in [3.05, 3.63) is 56.5 Å². The van der Waals surface area contributed by atoms with E-state index >= 15 is 0 Å². The molecule has 0 aliphatic carbocycles. The van der Waals surface area contributed by atoms with Crippen molar-refractivity contribution < 1.29 is 0 Å². The molecule has 3 aromatic rings. The van der Waals surface area contributed by atoms with E-state index in [1.165, 1.54) is 11.6 Å². The van der Waals surface area contributed by atoms with E-state index in [1.807, 2.05) is 22.8 Å². The Kier molecular flexibility index (Phi) is 7.99. The van der Waals surface area contributed by atoms with E-state index in [9.17, 15) is 9.59 Å². The van der Waals surface area contributed by atoms with Gasteiger partial charge in [-0.1, -0.05) is 23.7 Å². The van der Waals surface area contributed by atoms with Gasteiger partial charge in [-0.25, -0.2) is 9.78 Å². The molecule has 30 heavy (non-hydrogen) atoms. The molecule has 0 saturated carbocycles. The highest BCUT2D eigenvalue weighted by Crippen LogP contribution is 2.26. The molecule has 4 rings (SSSR count). The lowest BCUT2D eigenvalue weighted by Crippen LogP contribution is -2.47. The van der Waals surface area contributed by atoms with E-state index in [4.69, 9.17) is 11.6 Å². The van der Waals surface area contributed by atoms with Crippen molar-refractivity contribution in [2.24, 2.45) is 14.1 Å². The van der Waals surface area contributed by atoms with E-state index in [1.54, 1.807) is 13.4 Å². The minimum atomic E-state index is -0.363. The summed E-state index contributed by atoms with van der Waals surface area (Å²) in [5.41, 5.74) is 1.31. The minimum Gasteiger partial charge on any atom is -0.368 e. The normalized spacial score (nSPS) is 14.4. The maximum absolute atomic E-state index is 12.5. The number of benzene rings is 1. The summed E-state index contributed by atoms with van der Waals surface area (Å²) in [6, 6.07) is 7.92. The van der Waals surface area contributed by atoms with Crippen LogP contribution < -0.4 is 16.1 Å². The number of piperazine rings is 1. The first-order valence-electron chi connectivity index (χ1n) is 9.30. The van der Waals surface area contributed by atoms with Crippen LogP contribution in [0.2, 0.25) is 5.02 Å². The fraction of sp³-hybridized carbons (Fsp3) is 0.421. The molecule has 0 amide bonds. The molecule has 0 radical (unpaired) electrons. The monoisotopic (exact) mass is 474 g/mol. The molecule has 11 heteroatoms. The Morgan fingerprint density at radius 2 is 1.63 bits per heavy atom. The highest BCUT2D eigenvalue weighted by Gasteiger charge is 2.19. The molecule has 0 unspecified atom stereocenters. The van der Waals surface area contributed by atoms with Crippen LogP contribution in [0, 0.1) is 0 Å². The quantitative estimate of drug-likeness (QED) is 0.575. The third-order valence-corrected chi connectivity index (χ3v) is 5.76. The zero-order valence-electron chi connectivity index (χ0n) is 16.8. The van der Waals surface area contributed by atoms with Gasteiger partial charge in [-0.3, -0.25) is 18.8 Å². The minimum absolute atomic E-state index is 0. The van der Waals surface area contributed by atoms with Gasteiger partial charge in [-0.05, 0) is 12.1 Å². The molecule has 1 aliphatic heterocycles. The number of para-hydroxylation sites is 1. The summed E-state index contributed by atoms with van der Waals surface area (Å²) in [6.07, 6.45) is 1.64. The Morgan fingerprint density at radius 3 is 2.30 bits per heavy atom. The van der Waals surface area contributed by atoms with Crippen molar-refractivity contribution in [3.8, 4) is 0 Å². The fourth-order valence-electron chi connectivity index (χ4n) is 3.74. The maximum atomic E-state index is 12.5. The van der Waals surface area contributed by atoms with Gasteiger partial charge in [0.25, 0.3) is 5.56 Å². The molecule has 0 N–H and O–H groups in total. The van der Waals surface area contributed by atoms with Crippen LogP contribution in [0.15, 0.2) is 40.2 Å². The highest BCUT2D eigenvalue weighted by molar-refractivity contribution is 6.33. The third kappa shape index (κ3) is 4.37. The number of imidazole rings is 1. The second kappa shape index (κ2) is 9.87. The molecule has 2 aromatic heterocycles. The fourth-order valence-corrected chi connectivity index (χ4v) is 3.99. The van der Waals surface area contributed by atoms with Gasteiger partial charge < -0.3 is 9.47 Å². The van der Waals surface area contributed by atoms with E-state index in [0.29, 0.717) is 17.7 Å². The number of fused-ring (bicyclic) bond motifs is 1. The van der Waals surface area contributed by atoms with Crippen LogP contribution in [-0.2, 0) is 20.6 Å². The Morgan fingerprint density at radius 1 is 0.967 bits per heavy atom. The predicted octanol–water partition coefficient (Wildman–Crippen LogP) is 1.75. The van der Waals surface area contributed by atoms with Gasteiger partial charge in [0.2, 0.25) is 0 Å². The Labute approximate surface area is 191 Å². The SMILES string of the molecule is Cl.Cl.Cn1c(=O)c2c(ncn2CCN2CCN(c3ccccc3Cl)CC2)n(C)c1=O. The molecule has 0 bridgehead atoms. The number of anilines is 1. The molecule has 1 saturated heterocycles. The molecular formula is C19H25Cl3N6O2. The average Bonchev–Trinajstić information content (AvgIpc) is 3.14. The van der Waals surface area contributed by atoms with E-state index in [2.05, 4.69) is 20.9 Å². The summed E-state index contributed by atoms with van der Waals surface area (Å²) < 4.78 is 4.38. The van der Waals surface area contributed by atoms with Crippen LogP contribution >= 0.6 is 36.4 Å². The zero-order valence-corrected chi connectivity index (χ0v) is 19.2. The summed E-state index contributed by atoms with van der Waals surface area (Å²) in [5, 5.41) is 0.780. The number of rotatable bonds is 4. The zero-order chi connectivity index (χ0) is 19.8.